The van der Waals surface area contributed by atoms with Crippen molar-refractivity contribution in [3.05, 3.63) is 65.2 Å². The molecule has 6 heteroatoms. The molecule has 0 aromatic heterocycles. The number of rotatable bonds is 14. The van der Waals surface area contributed by atoms with E-state index >= 15 is 0 Å². The summed E-state index contributed by atoms with van der Waals surface area (Å²) in [5, 5.41) is 0. The molecule has 39 heavy (non-hydrogen) atoms. The molecule has 1 fully saturated rings. The van der Waals surface area contributed by atoms with Crippen LogP contribution >= 0.6 is 0 Å². The summed E-state index contributed by atoms with van der Waals surface area (Å²) in [6.45, 7) is 4.63. The summed E-state index contributed by atoms with van der Waals surface area (Å²) in [7, 11) is 0. The topological polar surface area (TPSA) is 105 Å². The predicted molar refractivity (Wildman–Crippen MR) is 159 cm³/mol. The van der Waals surface area contributed by atoms with E-state index < -0.39 is 5.97 Å². The lowest BCUT2D eigenvalue weighted by Crippen LogP contribution is -2.24. The van der Waals surface area contributed by atoms with Crippen LogP contribution in [0.2, 0.25) is 0 Å². The molecule has 2 aromatic carbocycles. The Kier molecular flexibility index (Phi) is 12.4. The number of esters is 2. The van der Waals surface area contributed by atoms with E-state index in [4.69, 9.17) is 20.9 Å². The molecule has 1 aliphatic carbocycles. The fourth-order valence-corrected chi connectivity index (χ4v) is 5.30. The van der Waals surface area contributed by atoms with Crippen LogP contribution in [0.3, 0.4) is 0 Å². The summed E-state index contributed by atoms with van der Waals surface area (Å²) in [4.78, 5) is 25.1. The molecule has 0 aliphatic heterocycles. The van der Waals surface area contributed by atoms with Crippen molar-refractivity contribution in [3.8, 4) is 0 Å². The third-order valence-electron chi connectivity index (χ3n) is 7.65. The van der Waals surface area contributed by atoms with E-state index in [0.717, 1.165) is 62.0 Å². The first-order valence-electron chi connectivity index (χ1n) is 14.7. The van der Waals surface area contributed by atoms with Crippen molar-refractivity contribution < 1.29 is 19.1 Å². The highest BCUT2D eigenvalue weighted by Gasteiger charge is 2.24. The van der Waals surface area contributed by atoms with Gasteiger partial charge in [0.1, 0.15) is 6.10 Å². The van der Waals surface area contributed by atoms with Crippen molar-refractivity contribution in [2.45, 2.75) is 96.5 Å². The largest absolute Gasteiger partial charge is 0.462 e. The van der Waals surface area contributed by atoms with Gasteiger partial charge in [-0.2, -0.15) is 0 Å². The van der Waals surface area contributed by atoms with Crippen LogP contribution in [0.4, 0.5) is 11.4 Å². The van der Waals surface area contributed by atoms with E-state index in [1.165, 1.54) is 31.8 Å². The molecule has 2 aromatic rings. The Balaban J connectivity index is 1.46. The van der Waals surface area contributed by atoms with Gasteiger partial charge in [-0.3, -0.25) is 0 Å². The molecule has 0 amide bonds. The van der Waals surface area contributed by atoms with Crippen LogP contribution in [0.25, 0.3) is 6.08 Å². The van der Waals surface area contributed by atoms with Crippen molar-refractivity contribution in [1.29, 1.82) is 0 Å². The number of hydrogen-bond acceptors (Lipinski definition) is 6. The molecule has 1 unspecified atom stereocenters. The molecule has 0 spiro atoms. The van der Waals surface area contributed by atoms with Gasteiger partial charge in [0.15, 0.2) is 0 Å². The number of nitrogens with two attached hydrogens (primary N) is 2. The number of hydrogen-bond donors (Lipinski definition) is 2. The average Bonchev–Trinajstić information content (AvgIpc) is 2.92. The molecular formula is C33H46N2O4. The maximum atomic E-state index is 12.6. The molecule has 3 rings (SSSR count). The Hall–Kier alpha value is -3.28. The lowest BCUT2D eigenvalue weighted by Gasteiger charge is -2.28. The Labute approximate surface area is 234 Å². The lowest BCUT2D eigenvalue weighted by atomic mass is 9.84. The first-order valence-corrected chi connectivity index (χ1v) is 14.7. The number of unbranched alkanes of at least 4 members (excludes halogenated alkanes) is 3. The number of carbonyl (C=O) groups excluding carboxylic acids is 2. The molecule has 0 heterocycles. The Morgan fingerprint density at radius 1 is 0.923 bits per heavy atom. The summed E-state index contributed by atoms with van der Waals surface area (Å²) < 4.78 is 11.3. The number of carbonyl (C=O) groups is 2. The first kappa shape index (κ1) is 30.3. The van der Waals surface area contributed by atoms with Gasteiger partial charge in [0.25, 0.3) is 0 Å². The van der Waals surface area contributed by atoms with Gasteiger partial charge in [0.2, 0.25) is 0 Å². The van der Waals surface area contributed by atoms with Crippen LogP contribution in [0.1, 0.15) is 112 Å². The Bertz CT molecular complexity index is 1050. The van der Waals surface area contributed by atoms with Crippen LogP contribution in [-0.4, -0.2) is 24.6 Å². The highest BCUT2D eigenvalue weighted by Crippen LogP contribution is 2.30. The van der Waals surface area contributed by atoms with E-state index in [1.807, 2.05) is 24.3 Å². The smallest absolute Gasteiger partial charge is 0.338 e. The average molecular weight is 535 g/mol. The maximum absolute atomic E-state index is 12.6. The third kappa shape index (κ3) is 10.4. The first-order chi connectivity index (χ1) is 18.9. The van der Waals surface area contributed by atoms with Gasteiger partial charge >= 0.3 is 11.9 Å². The Morgan fingerprint density at radius 2 is 1.59 bits per heavy atom. The van der Waals surface area contributed by atoms with Crippen LogP contribution in [0.15, 0.2) is 48.5 Å². The van der Waals surface area contributed by atoms with Gasteiger partial charge in [-0.1, -0.05) is 64.5 Å². The molecule has 0 radical (unpaired) electrons. The minimum Gasteiger partial charge on any atom is -0.462 e. The van der Waals surface area contributed by atoms with Gasteiger partial charge in [0.05, 0.1) is 12.2 Å². The molecule has 1 atom stereocenters. The highest BCUT2D eigenvalue weighted by atomic mass is 16.5. The van der Waals surface area contributed by atoms with Crippen molar-refractivity contribution in [2.75, 3.05) is 18.1 Å². The molecule has 0 saturated heterocycles. The van der Waals surface area contributed by atoms with E-state index in [2.05, 4.69) is 13.8 Å². The minimum atomic E-state index is -0.415. The predicted octanol–water partition coefficient (Wildman–Crippen LogP) is 7.68. The maximum Gasteiger partial charge on any atom is 0.338 e. The second kappa shape index (κ2) is 16.0. The normalized spacial score (nSPS) is 18.1. The number of anilines is 2. The highest BCUT2D eigenvalue weighted by molar-refractivity contribution is 5.90. The fraction of sp³-hybridized carbons (Fsp3) is 0.515. The van der Waals surface area contributed by atoms with E-state index in [1.54, 1.807) is 24.3 Å². The molecular weight excluding hydrogens is 488 g/mol. The van der Waals surface area contributed by atoms with E-state index in [0.29, 0.717) is 16.9 Å². The summed E-state index contributed by atoms with van der Waals surface area (Å²) >= 11 is 0. The number of ether oxygens (including phenoxy) is 2. The van der Waals surface area contributed by atoms with Crippen LogP contribution in [-0.2, 0) is 14.3 Å². The van der Waals surface area contributed by atoms with E-state index in [-0.39, 0.29) is 24.6 Å². The third-order valence-corrected chi connectivity index (χ3v) is 7.65. The quantitative estimate of drug-likeness (QED) is 0.111. The van der Waals surface area contributed by atoms with Crippen LogP contribution in [0.5, 0.6) is 0 Å². The van der Waals surface area contributed by atoms with Crippen molar-refractivity contribution in [1.82, 2.24) is 0 Å². The van der Waals surface area contributed by atoms with Crippen LogP contribution in [0, 0.1) is 5.92 Å². The standard InChI is InChI=1S/C33H46N2O4/c1-3-5-7-8-24-12-17-31(18-13-24)39-33(37)26-15-10-25(11-16-26)14-19-32(36)38-23-27(9-6-4-2)28-20-29(34)22-30(35)21-28/h10-11,14-16,19-22,24,27,31H,3-9,12-13,17-18,23,34-35H2,1-2H3/b19-14+. The van der Waals surface area contributed by atoms with Crippen molar-refractivity contribution in [3.63, 3.8) is 0 Å². The number of benzene rings is 2. The monoisotopic (exact) mass is 534 g/mol. The molecule has 0 bridgehead atoms. The zero-order valence-electron chi connectivity index (χ0n) is 23.7. The van der Waals surface area contributed by atoms with E-state index in [9.17, 15) is 9.59 Å². The summed E-state index contributed by atoms with van der Waals surface area (Å²) in [5.41, 5.74) is 15.5. The molecule has 6 nitrogen and oxygen atoms in total. The van der Waals surface area contributed by atoms with Gasteiger partial charge in [-0.25, -0.2) is 9.59 Å². The van der Waals surface area contributed by atoms with Gasteiger partial charge in [-0.15, -0.1) is 0 Å². The summed E-state index contributed by atoms with van der Waals surface area (Å²) in [6, 6.07) is 12.6. The minimum absolute atomic E-state index is 0.0131. The molecule has 212 valence electrons. The molecule has 1 saturated carbocycles. The fourth-order valence-electron chi connectivity index (χ4n) is 5.30. The van der Waals surface area contributed by atoms with Crippen LogP contribution < -0.4 is 11.5 Å². The summed E-state index contributed by atoms with van der Waals surface area (Å²) in [5.74, 6) is 0.124. The SMILES string of the molecule is CCCCCC1CCC(OC(=O)c2ccc(/C=C/C(=O)OCC(CCCC)c3cc(N)cc(N)c3)cc2)CC1. The van der Waals surface area contributed by atoms with Crippen molar-refractivity contribution >= 4 is 29.4 Å². The van der Waals surface area contributed by atoms with Crippen molar-refractivity contribution in [2.24, 2.45) is 5.92 Å². The Morgan fingerprint density at radius 3 is 2.23 bits per heavy atom. The molecule has 4 N–H and O–H groups in total. The second-order valence-corrected chi connectivity index (χ2v) is 10.9. The van der Waals surface area contributed by atoms with Gasteiger partial charge in [-0.05, 0) is 85.6 Å². The second-order valence-electron chi connectivity index (χ2n) is 10.9. The summed E-state index contributed by atoms with van der Waals surface area (Å²) in [6.07, 6.45) is 15.4. The van der Waals surface area contributed by atoms with Gasteiger partial charge in [0, 0.05) is 23.4 Å². The lowest BCUT2D eigenvalue weighted by molar-refractivity contribution is -0.138. The molecule has 1 aliphatic rings. The zero-order chi connectivity index (χ0) is 28.0. The zero-order valence-corrected chi connectivity index (χ0v) is 23.7. The number of nitrogen functional groups attached to an aromatic ring is 2. The van der Waals surface area contributed by atoms with Gasteiger partial charge < -0.3 is 20.9 Å².